The van der Waals surface area contributed by atoms with Gasteiger partial charge in [-0.2, -0.15) is 5.10 Å². The number of carbonyl (C=O) groups excluding carboxylic acids is 2. The number of aliphatic hydroxyl groups is 1. The number of benzene rings is 3. The zero-order valence-electron chi connectivity index (χ0n) is 21.4. The Kier molecular flexibility index (Phi) is 7.80. The van der Waals surface area contributed by atoms with Crippen molar-refractivity contribution in [3.8, 4) is 0 Å². The second-order valence-corrected chi connectivity index (χ2v) is 10.6. The van der Waals surface area contributed by atoms with Crippen LogP contribution in [0.25, 0.3) is 10.9 Å². The first-order chi connectivity index (χ1) is 19.1. The van der Waals surface area contributed by atoms with Crippen LogP contribution in [-0.2, 0) is 24.2 Å². The molecular formula is C29H26Cl2N4O5. The number of rotatable bonds is 7. The molecule has 0 saturated heterocycles. The van der Waals surface area contributed by atoms with E-state index in [1.54, 1.807) is 60.5 Å². The molecule has 5 rings (SSSR count). The van der Waals surface area contributed by atoms with Gasteiger partial charge < -0.3 is 20.4 Å². The van der Waals surface area contributed by atoms with E-state index in [2.05, 4.69) is 15.5 Å². The van der Waals surface area contributed by atoms with Crippen LogP contribution >= 0.6 is 23.2 Å². The Labute approximate surface area is 239 Å². The van der Waals surface area contributed by atoms with Gasteiger partial charge in [-0.25, -0.2) is 4.79 Å². The van der Waals surface area contributed by atoms with E-state index >= 15 is 0 Å². The van der Waals surface area contributed by atoms with E-state index < -0.39 is 24.0 Å². The average Bonchev–Trinajstić information content (AvgIpc) is 3.40. The average molecular weight is 581 g/mol. The summed E-state index contributed by atoms with van der Waals surface area (Å²) in [4.78, 5) is 40.1. The number of carboxylic acid groups (broad SMARTS) is 1. The second kappa shape index (κ2) is 11.3. The lowest BCUT2D eigenvalue weighted by Gasteiger charge is -2.30. The summed E-state index contributed by atoms with van der Waals surface area (Å²) in [6, 6.07) is 12.6. The molecule has 11 heteroatoms. The Morgan fingerprint density at radius 3 is 2.70 bits per heavy atom. The zero-order valence-corrected chi connectivity index (χ0v) is 23.0. The van der Waals surface area contributed by atoms with Crippen LogP contribution in [0.5, 0.6) is 0 Å². The molecule has 2 atom stereocenters. The number of carboxylic acids is 1. The number of nitrogens with one attached hydrogen (secondary N) is 2. The Bertz CT molecular complexity index is 1630. The second-order valence-electron chi connectivity index (χ2n) is 9.82. The van der Waals surface area contributed by atoms with Gasteiger partial charge in [-0.3, -0.25) is 14.7 Å². The predicted molar refractivity (Wildman–Crippen MR) is 151 cm³/mol. The fourth-order valence-corrected chi connectivity index (χ4v) is 5.70. The summed E-state index contributed by atoms with van der Waals surface area (Å²) in [6.45, 7) is 2.26. The van der Waals surface area contributed by atoms with Gasteiger partial charge in [-0.15, -0.1) is 0 Å². The summed E-state index contributed by atoms with van der Waals surface area (Å²) in [6.07, 6.45) is 1.38. The van der Waals surface area contributed by atoms with Crippen molar-refractivity contribution >= 4 is 51.9 Å². The molecule has 0 fully saturated rings. The van der Waals surface area contributed by atoms with Gasteiger partial charge in [-0.1, -0.05) is 53.5 Å². The minimum absolute atomic E-state index is 0.00320. The highest BCUT2D eigenvalue weighted by atomic mass is 35.5. The van der Waals surface area contributed by atoms with Gasteiger partial charge in [-0.05, 0) is 53.8 Å². The quantitative estimate of drug-likeness (QED) is 0.253. The molecule has 2 heterocycles. The fraction of sp³-hybridized carbons (Fsp3) is 0.241. The lowest BCUT2D eigenvalue weighted by Crippen LogP contribution is -2.42. The van der Waals surface area contributed by atoms with Gasteiger partial charge >= 0.3 is 5.97 Å². The molecule has 0 spiro atoms. The van der Waals surface area contributed by atoms with Gasteiger partial charge in [0.15, 0.2) is 0 Å². The fourth-order valence-electron chi connectivity index (χ4n) is 4.93. The first kappa shape index (κ1) is 27.6. The number of aliphatic hydroxyl groups excluding tert-OH is 1. The van der Waals surface area contributed by atoms with E-state index in [0.717, 1.165) is 16.5 Å². The van der Waals surface area contributed by atoms with Crippen LogP contribution in [0, 0.1) is 0 Å². The van der Waals surface area contributed by atoms with Gasteiger partial charge in [0, 0.05) is 30.5 Å². The maximum Gasteiger partial charge on any atom is 0.326 e. The molecule has 0 radical (unpaired) electrons. The number of carbonyl (C=O) groups is 3. The van der Waals surface area contributed by atoms with Crippen LogP contribution in [0.4, 0.5) is 0 Å². The van der Waals surface area contributed by atoms with Crippen molar-refractivity contribution < 1.29 is 24.6 Å². The summed E-state index contributed by atoms with van der Waals surface area (Å²) in [5, 5.41) is 30.1. The van der Waals surface area contributed by atoms with Crippen LogP contribution in [0.2, 0.25) is 10.0 Å². The highest BCUT2D eigenvalue weighted by Crippen LogP contribution is 2.35. The number of hydrogen-bond donors (Lipinski definition) is 4. The highest BCUT2D eigenvalue weighted by Gasteiger charge is 2.30. The SMILES string of the molecule is C[C@H](O)c1cccc(C[C@H](NC(=O)c2c(Cl)cc3c(c2Cl)CCN(C(=O)c2ccc4cn[nH]c4c2)C3)C(=O)O)c1. The summed E-state index contributed by atoms with van der Waals surface area (Å²) >= 11 is 13.2. The highest BCUT2D eigenvalue weighted by molar-refractivity contribution is 6.40. The third-order valence-electron chi connectivity index (χ3n) is 7.08. The Hall–Kier alpha value is -3.92. The predicted octanol–water partition coefficient (Wildman–Crippen LogP) is 4.55. The summed E-state index contributed by atoms with van der Waals surface area (Å²) in [7, 11) is 0. The molecule has 2 amide bonds. The van der Waals surface area contributed by atoms with Crippen molar-refractivity contribution in [2.24, 2.45) is 0 Å². The first-order valence-corrected chi connectivity index (χ1v) is 13.4. The Morgan fingerprint density at radius 2 is 1.95 bits per heavy atom. The minimum atomic E-state index is -1.25. The summed E-state index contributed by atoms with van der Waals surface area (Å²) in [5.41, 5.74) is 3.98. The van der Waals surface area contributed by atoms with Crippen LogP contribution in [-0.4, -0.2) is 55.7 Å². The molecule has 4 aromatic rings. The van der Waals surface area contributed by atoms with Crippen molar-refractivity contribution in [2.45, 2.75) is 38.5 Å². The number of hydrogen-bond acceptors (Lipinski definition) is 5. The molecular weight excluding hydrogens is 555 g/mol. The molecule has 1 aliphatic heterocycles. The zero-order chi connectivity index (χ0) is 28.6. The topological polar surface area (TPSA) is 136 Å². The lowest BCUT2D eigenvalue weighted by atomic mass is 9.95. The van der Waals surface area contributed by atoms with Crippen molar-refractivity contribution in [2.75, 3.05) is 6.54 Å². The molecule has 206 valence electrons. The number of halogens is 2. The smallest absolute Gasteiger partial charge is 0.326 e. The van der Waals surface area contributed by atoms with Crippen LogP contribution < -0.4 is 5.32 Å². The molecule has 0 saturated carbocycles. The number of nitrogens with zero attached hydrogens (tertiary/aromatic N) is 2. The molecule has 9 nitrogen and oxygen atoms in total. The number of fused-ring (bicyclic) bond motifs is 2. The minimum Gasteiger partial charge on any atom is -0.480 e. The largest absolute Gasteiger partial charge is 0.480 e. The van der Waals surface area contributed by atoms with E-state index in [0.29, 0.717) is 35.2 Å². The molecule has 4 N–H and O–H groups in total. The van der Waals surface area contributed by atoms with E-state index in [-0.39, 0.29) is 34.5 Å². The van der Waals surface area contributed by atoms with E-state index in [1.165, 1.54) is 0 Å². The van der Waals surface area contributed by atoms with Crippen molar-refractivity contribution in [1.29, 1.82) is 0 Å². The molecule has 3 aromatic carbocycles. The van der Waals surface area contributed by atoms with Crippen molar-refractivity contribution in [3.05, 3.63) is 98.2 Å². The van der Waals surface area contributed by atoms with E-state index in [4.69, 9.17) is 23.2 Å². The summed E-state index contributed by atoms with van der Waals surface area (Å²) < 4.78 is 0. The van der Waals surface area contributed by atoms with Gasteiger partial charge in [0.05, 0.1) is 33.4 Å². The standard InChI is InChI=1S/C29H26Cl2N4O5/c1-15(36)17-4-2-3-16(9-17)10-24(29(39)40)33-27(37)25-22(30)11-20-14-35(8-7-21(20)26(25)31)28(38)18-5-6-19-13-32-34-23(19)12-18/h2-6,9,11-13,15,24,36H,7-8,10,14H2,1H3,(H,32,34)(H,33,37)(H,39,40)/t15-,24-/m0/s1. The first-order valence-electron chi connectivity index (χ1n) is 12.6. The number of H-pyrrole nitrogens is 1. The number of aliphatic carboxylic acids is 1. The normalized spacial score (nSPS) is 14.4. The monoisotopic (exact) mass is 580 g/mol. The van der Waals surface area contributed by atoms with Crippen LogP contribution in [0.15, 0.2) is 54.7 Å². The lowest BCUT2D eigenvalue weighted by molar-refractivity contribution is -0.139. The molecule has 0 aliphatic carbocycles. The maximum atomic E-state index is 13.2. The van der Waals surface area contributed by atoms with Gasteiger partial charge in [0.2, 0.25) is 0 Å². The van der Waals surface area contributed by atoms with Gasteiger partial charge in [0.1, 0.15) is 6.04 Å². The Balaban J connectivity index is 1.34. The van der Waals surface area contributed by atoms with Gasteiger partial charge in [0.25, 0.3) is 11.8 Å². The molecule has 0 unspecified atom stereocenters. The maximum absolute atomic E-state index is 13.2. The third kappa shape index (κ3) is 5.54. The molecule has 0 bridgehead atoms. The molecule has 1 aromatic heterocycles. The Morgan fingerprint density at radius 1 is 1.15 bits per heavy atom. The molecule has 1 aliphatic rings. The number of aromatic amines is 1. The van der Waals surface area contributed by atoms with E-state index in [9.17, 15) is 24.6 Å². The summed E-state index contributed by atoms with van der Waals surface area (Å²) in [5.74, 6) is -2.08. The van der Waals surface area contributed by atoms with Crippen molar-refractivity contribution in [3.63, 3.8) is 0 Å². The van der Waals surface area contributed by atoms with Crippen LogP contribution in [0.1, 0.15) is 56.0 Å². The molecule has 40 heavy (non-hydrogen) atoms. The van der Waals surface area contributed by atoms with E-state index in [1.807, 2.05) is 6.07 Å². The number of amides is 2. The third-order valence-corrected chi connectivity index (χ3v) is 7.80. The van der Waals surface area contributed by atoms with Crippen LogP contribution in [0.3, 0.4) is 0 Å². The number of aromatic nitrogens is 2. The van der Waals surface area contributed by atoms with Crippen molar-refractivity contribution in [1.82, 2.24) is 20.4 Å².